The Hall–Kier alpha value is -2.19. The second kappa shape index (κ2) is 8.91. The van der Waals surface area contributed by atoms with Crippen LogP contribution >= 0.6 is 0 Å². The highest BCUT2D eigenvalue weighted by Gasteiger charge is 2.73. The molecule has 3 N–H and O–H groups in total. The van der Waals surface area contributed by atoms with Gasteiger partial charge in [0.15, 0.2) is 11.6 Å². The van der Waals surface area contributed by atoms with E-state index in [1.54, 1.807) is 20.8 Å². The van der Waals surface area contributed by atoms with E-state index in [-0.39, 0.29) is 60.1 Å². The molecular formula is C30H42O8. The van der Waals surface area contributed by atoms with Gasteiger partial charge < -0.3 is 15.3 Å². The highest BCUT2D eigenvalue weighted by molar-refractivity contribution is 6.17. The number of carboxylic acids is 1. The predicted octanol–water partition coefficient (Wildman–Crippen LogP) is 3.31. The summed E-state index contributed by atoms with van der Waals surface area (Å²) in [6.07, 6.45) is -1.20. The van der Waals surface area contributed by atoms with E-state index in [9.17, 15) is 39.3 Å². The molecule has 4 rings (SSSR count). The summed E-state index contributed by atoms with van der Waals surface area (Å²) in [7, 11) is 0. The summed E-state index contributed by atoms with van der Waals surface area (Å²) in [5.74, 6) is -4.41. The van der Waals surface area contributed by atoms with Crippen LogP contribution < -0.4 is 0 Å². The van der Waals surface area contributed by atoms with Crippen molar-refractivity contribution in [1.82, 2.24) is 0 Å². The Labute approximate surface area is 224 Å². The molecule has 2 saturated carbocycles. The Morgan fingerprint density at radius 1 is 0.947 bits per heavy atom. The van der Waals surface area contributed by atoms with Gasteiger partial charge in [0.25, 0.3) is 0 Å². The van der Waals surface area contributed by atoms with Crippen LogP contribution in [-0.2, 0) is 24.0 Å². The van der Waals surface area contributed by atoms with Gasteiger partial charge in [-0.1, -0.05) is 41.5 Å². The highest BCUT2D eigenvalue weighted by atomic mass is 16.4. The molecule has 8 nitrogen and oxygen atoms in total. The normalized spacial score (nSPS) is 41.8. The molecule has 4 aliphatic carbocycles. The zero-order valence-electron chi connectivity index (χ0n) is 23.6. The van der Waals surface area contributed by atoms with Gasteiger partial charge in [-0.15, -0.1) is 0 Å². The third-order valence-electron chi connectivity index (χ3n) is 11.5. The van der Waals surface area contributed by atoms with Crippen LogP contribution in [0.1, 0.15) is 87.0 Å². The third-order valence-corrected chi connectivity index (χ3v) is 11.5. The molecule has 0 radical (unpaired) electrons. The van der Waals surface area contributed by atoms with Crippen molar-refractivity contribution in [2.75, 3.05) is 0 Å². The van der Waals surface area contributed by atoms with Crippen LogP contribution in [0.2, 0.25) is 0 Å². The number of carbonyl (C=O) groups is 5. The average Bonchev–Trinajstić information content (AvgIpc) is 3.03. The lowest BCUT2D eigenvalue weighted by molar-refractivity contribution is -0.159. The number of rotatable bonds is 6. The number of ketones is 4. The lowest BCUT2D eigenvalue weighted by atomic mass is 9.42. The number of hydrogen-bond acceptors (Lipinski definition) is 7. The second-order valence-electron chi connectivity index (χ2n) is 13.8. The summed E-state index contributed by atoms with van der Waals surface area (Å²) in [5.41, 5.74) is -3.58. The fraction of sp³-hybridized carbons (Fsp3) is 0.767. The number of Topliss-reactive ketones (excluding diaryl/α,β-unsaturated/α-hetero) is 4. The number of aliphatic hydroxyl groups is 2. The summed E-state index contributed by atoms with van der Waals surface area (Å²) in [6.45, 7) is 12.4. The van der Waals surface area contributed by atoms with Crippen molar-refractivity contribution in [3.05, 3.63) is 11.1 Å². The molecule has 2 fully saturated rings. The topological polar surface area (TPSA) is 146 Å². The molecule has 0 aliphatic heterocycles. The standard InChI is InChI=1S/C30H42O8/c1-14(10-16(31)11-15(2)26(37)38)17-12-21(34)30(7)22-18(32)13-19-27(3,4)20(33)8-9-28(19,5)23(22)24(35)25(36)29(17,30)6/h14-15,17,19-20,25,33,36H,8-13H2,1-7H3,(H,37,38)/t14-,15-,17-,19?,20+,25-,28+,29+,30+/m0/s1. The van der Waals surface area contributed by atoms with Crippen LogP contribution in [0.15, 0.2) is 11.1 Å². The fourth-order valence-corrected chi connectivity index (χ4v) is 8.86. The molecule has 0 aromatic carbocycles. The van der Waals surface area contributed by atoms with Gasteiger partial charge in [-0.05, 0) is 42.9 Å². The molecule has 4 aliphatic rings. The van der Waals surface area contributed by atoms with Crippen molar-refractivity contribution < 1.29 is 39.3 Å². The first-order chi connectivity index (χ1) is 17.4. The molecule has 9 atom stereocenters. The molecular weight excluding hydrogens is 488 g/mol. The van der Waals surface area contributed by atoms with Crippen LogP contribution in [-0.4, -0.2) is 56.6 Å². The summed E-state index contributed by atoms with van der Waals surface area (Å²) < 4.78 is 0. The van der Waals surface area contributed by atoms with E-state index < -0.39 is 63.4 Å². The van der Waals surface area contributed by atoms with Crippen LogP contribution in [0.3, 0.4) is 0 Å². The molecule has 0 amide bonds. The zero-order chi connectivity index (χ0) is 28.7. The van der Waals surface area contributed by atoms with Crippen molar-refractivity contribution in [3.63, 3.8) is 0 Å². The number of carboxylic acid groups (broad SMARTS) is 1. The monoisotopic (exact) mass is 530 g/mol. The number of fused-ring (bicyclic) bond motifs is 4. The molecule has 8 heteroatoms. The Bertz CT molecular complexity index is 1150. The summed E-state index contributed by atoms with van der Waals surface area (Å²) in [6, 6.07) is 0. The van der Waals surface area contributed by atoms with E-state index >= 15 is 0 Å². The fourth-order valence-electron chi connectivity index (χ4n) is 8.86. The first-order valence-corrected chi connectivity index (χ1v) is 13.8. The van der Waals surface area contributed by atoms with Crippen molar-refractivity contribution in [1.29, 1.82) is 0 Å². The molecule has 0 aromatic heterocycles. The maximum absolute atomic E-state index is 14.1. The molecule has 210 valence electrons. The quantitative estimate of drug-likeness (QED) is 0.474. The smallest absolute Gasteiger partial charge is 0.306 e. The van der Waals surface area contributed by atoms with Crippen molar-refractivity contribution in [2.24, 2.45) is 45.3 Å². The van der Waals surface area contributed by atoms with Gasteiger partial charge in [-0.25, -0.2) is 0 Å². The number of carbonyl (C=O) groups excluding carboxylic acids is 4. The lowest BCUT2D eigenvalue weighted by Crippen LogP contribution is -2.64. The van der Waals surface area contributed by atoms with Crippen molar-refractivity contribution >= 4 is 29.1 Å². The largest absolute Gasteiger partial charge is 0.481 e. The van der Waals surface area contributed by atoms with Gasteiger partial charge in [0.05, 0.1) is 17.4 Å². The van der Waals surface area contributed by atoms with E-state index in [2.05, 4.69) is 0 Å². The van der Waals surface area contributed by atoms with E-state index in [0.717, 1.165) is 0 Å². The minimum atomic E-state index is -1.53. The third kappa shape index (κ3) is 3.58. The lowest BCUT2D eigenvalue weighted by Gasteiger charge is -2.60. The van der Waals surface area contributed by atoms with Crippen LogP contribution in [0.5, 0.6) is 0 Å². The average molecular weight is 531 g/mol. The number of aliphatic hydroxyl groups excluding tert-OH is 2. The Balaban J connectivity index is 1.80. The Morgan fingerprint density at radius 3 is 2.13 bits per heavy atom. The minimum Gasteiger partial charge on any atom is -0.481 e. The van der Waals surface area contributed by atoms with E-state index in [1.165, 1.54) is 6.92 Å². The van der Waals surface area contributed by atoms with Crippen molar-refractivity contribution in [3.8, 4) is 0 Å². The predicted molar refractivity (Wildman–Crippen MR) is 138 cm³/mol. The SMILES string of the molecule is C[C@@H](CC(=O)C[C@H](C)[C@@H]1CC(=O)[C@]2(C)C3=C(C(=O)[C@H](O)[C@@]12C)[C@]1(C)CC[C@@H](O)C(C)(C)C1CC3=O)C(=O)O. The molecule has 0 saturated heterocycles. The first-order valence-electron chi connectivity index (χ1n) is 13.8. The highest BCUT2D eigenvalue weighted by Crippen LogP contribution is 2.70. The summed E-state index contributed by atoms with van der Waals surface area (Å²) in [4.78, 5) is 65.8. The summed E-state index contributed by atoms with van der Waals surface area (Å²) in [5, 5.41) is 31.6. The van der Waals surface area contributed by atoms with E-state index in [1.807, 2.05) is 20.8 Å². The maximum atomic E-state index is 14.1. The molecule has 0 bridgehead atoms. The zero-order valence-corrected chi connectivity index (χ0v) is 23.6. The van der Waals surface area contributed by atoms with E-state index in [4.69, 9.17) is 0 Å². The second-order valence-corrected chi connectivity index (χ2v) is 13.8. The van der Waals surface area contributed by atoms with Gasteiger partial charge in [0, 0.05) is 47.7 Å². The first kappa shape index (κ1) is 28.8. The summed E-state index contributed by atoms with van der Waals surface area (Å²) >= 11 is 0. The van der Waals surface area contributed by atoms with Gasteiger partial charge in [0.1, 0.15) is 17.7 Å². The molecule has 0 aromatic rings. The number of allylic oxidation sites excluding steroid dienone is 1. The van der Waals surface area contributed by atoms with Crippen LogP contribution in [0.4, 0.5) is 0 Å². The molecule has 38 heavy (non-hydrogen) atoms. The molecule has 0 heterocycles. The minimum absolute atomic E-state index is 0.0217. The molecule has 0 spiro atoms. The number of hydrogen-bond donors (Lipinski definition) is 3. The van der Waals surface area contributed by atoms with Gasteiger partial charge in [0.2, 0.25) is 0 Å². The van der Waals surface area contributed by atoms with E-state index in [0.29, 0.717) is 12.8 Å². The van der Waals surface area contributed by atoms with Gasteiger partial charge in [-0.2, -0.15) is 0 Å². The van der Waals surface area contributed by atoms with Gasteiger partial charge in [-0.3, -0.25) is 24.0 Å². The Morgan fingerprint density at radius 2 is 1.55 bits per heavy atom. The van der Waals surface area contributed by atoms with Crippen LogP contribution in [0, 0.1) is 45.3 Å². The van der Waals surface area contributed by atoms with Gasteiger partial charge >= 0.3 is 5.97 Å². The maximum Gasteiger partial charge on any atom is 0.306 e. The van der Waals surface area contributed by atoms with Crippen molar-refractivity contribution in [2.45, 2.75) is 99.2 Å². The van der Waals surface area contributed by atoms with Crippen LogP contribution in [0.25, 0.3) is 0 Å². The Kier molecular flexibility index (Phi) is 6.76. The molecule has 1 unspecified atom stereocenters. The number of aliphatic carboxylic acids is 1.